The second kappa shape index (κ2) is 8.43. The van der Waals surface area contributed by atoms with E-state index in [2.05, 4.69) is 15.6 Å². The van der Waals surface area contributed by atoms with Crippen LogP contribution in [0.3, 0.4) is 0 Å². The van der Waals surface area contributed by atoms with Gasteiger partial charge in [-0.15, -0.1) is 0 Å². The Balaban J connectivity index is 1.38. The average molecular weight is 541 g/mol. The topological polar surface area (TPSA) is 104 Å². The molecule has 1 aromatic heterocycles. The van der Waals surface area contributed by atoms with Crippen molar-refractivity contribution in [2.45, 2.75) is 24.9 Å². The quantitative estimate of drug-likeness (QED) is 0.335. The Morgan fingerprint density at radius 3 is 2.56 bits per heavy atom. The SMILES string of the molecule is COc1ccc(N2C(=O)[C@@H]3C(Cc4c[nH]c5ccccc45)NC4(C(=O)Nc5c(C)cc(Cl)cc54)[C@@H]3C2=O)cc1. The summed E-state index contributed by atoms with van der Waals surface area (Å²) in [5.74, 6) is -2.18. The highest BCUT2D eigenvalue weighted by atomic mass is 35.5. The number of aryl methyl sites for hydroxylation is 1. The van der Waals surface area contributed by atoms with Gasteiger partial charge >= 0.3 is 0 Å². The van der Waals surface area contributed by atoms with Crippen LogP contribution >= 0.6 is 11.6 Å². The first kappa shape index (κ1) is 23.9. The third-order valence-corrected chi connectivity index (χ3v) is 8.65. The van der Waals surface area contributed by atoms with Gasteiger partial charge in [-0.3, -0.25) is 19.7 Å². The molecule has 3 aliphatic rings. The van der Waals surface area contributed by atoms with Crippen molar-refractivity contribution in [2.75, 3.05) is 17.3 Å². The third-order valence-electron chi connectivity index (χ3n) is 8.43. The number of hydrogen-bond donors (Lipinski definition) is 3. The lowest BCUT2D eigenvalue weighted by Crippen LogP contribution is -2.53. The minimum atomic E-state index is -1.43. The summed E-state index contributed by atoms with van der Waals surface area (Å²) in [5.41, 5.74) is 3.03. The number of hydrogen-bond acceptors (Lipinski definition) is 5. The summed E-state index contributed by atoms with van der Waals surface area (Å²) in [6, 6.07) is 17.8. The predicted octanol–water partition coefficient (Wildman–Crippen LogP) is 4.31. The van der Waals surface area contributed by atoms with Crippen LogP contribution in [-0.2, 0) is 26.3 Å². The fourth-order valence-electron chi connectivity index (χ4n) is 6.73. The molecule has 8 nitrogen and oxygen atoms in total. The summed E-state index contributed by atoms with van der Waals surface area (Å²) >= 11 is 6.47. The maximum atomic E-state index is 14.2. The number of anilines is 2. The van der Waals surface area contributed by atoms with Crippen molar-refractivity contribution >= 4 is 51.6 Å². The van der Waals surface area contributed by atoms with E-state index in [-0.39, 0.29) is 11.8 Å². The normalized spacial score (nSPS) is 25.5. The second-order valence-corrected chi connectivity index (χ2v) is 10.9. The summed E-state index contributed by atoms with van der Waals surface area (Å²) in [6.07, 6.45) is 2.38. The monoisotopic (exact) mass is 540 g/mol. The fourth-order valence-corrected chi connectivity index (χ4v) is 7.00. The minimum absolute atomic E-state index is 0.329. The maximum Gasteiger partial charge on any atom is 0.250 e. The first-order valence-corrected chi connectivity index (χ1v) is 13.2. The van der Waals surface area contributed by atoms with E-state index in [4.69, 9.17) is 16.3 Å². The number of ether oxygens (including phenoxy) is 1. The molecule has 0 aliphatic carbocycles. The van der Waals surface area contributed by atoms with E-state index in [1.165, 1.54) is 4.90 Å². The minimum Gasteiger partial charge on any atom is -0.497 e. The van der Waals surface area contributed by atoms with Gasteiger partial charge < -0.3 is 15.0 Å². The Morgan fingerprint density at radius 2 is 1.79 bits per heavy atom. The van der Waals surface area contributed by atoms with Gasteiger partial charge in [0.2, 0.25) is 17.7 Å². The molecular weight excluding hydrogens is 516 g/mol. The Kier molecular flexibility index (Phi) is 5.17. The molecule has 4 aromatic rings. The highest BCUT2D eigenvalue weighted by molar-refractivity contribution is 6.31. The molecule has 1 spiro atoms. The van der Waals surface area contributed by atoms with E-state index in [1.54, 1.807) is 43.5 Å². The Labute approximate surface area is 229 Å². The zero-order valence-corrected chi connectivity index (χ0v) is 22.0. The van der Waals surface area contributed by atoms with Crippen LogP contribution in [0.15, 0.2) is 66.9 Å². The van der Waals surface area contributed by atoms with E-state index in [1.807, 2.05) is 37.4 Å². The number of fused-ring (bicyclic) bond motifs is 5. The van der Waals surface area contributed by atoms with Gasteiger partial charge in [-0.05, 0) is 66.9 Å². The highest BCUT2D eigenvalue weighted by Crippen LogP contribution is 2.55. The number of aromatic nitrogens is 1. The van der Waals surface area contributed by atoms with Gasteiger partial charge in [0.05, 0.1) is 24.6 Å². The molecule has 3 aromatic carbocycles. The van der Waals surface area contributed by atoms with Crippen molar-refractivity contribution in [3.05, 3.63) is 88.6 Å². The molecule has 4 atom stereocenters. The Morgan fingerprint density at radius 1 is 1.03 bits per heavy atom. The van der Waals surface area contributed by atoms with Crippen LogP contribution in [0.5, 0.6) is 5.75 Å². The lowest BCUT2D eigenvalue weighted by Gasteiger charge is -2.29. The van der Waals surface area contributed by atoms with Crippen LogP contribution in [-0.4, -0.2) is 35.9 Å². The largest absolute Gasteiger partial charge is 0.497 e. The molecular formula is C30H25ClN4O4. The number of aromatic amines is 1. The molecule has 3 amide bonds. The fraction of sp³-hybridized carbons (Fsp3) is 0.233. The Hall–Kier alpha value is -4.14. The number of halogens is 1. The molecule has 7 rings (SSSR count). The lowest BCUT2D eigenvalue weighted by atomic mass is 9.76. The van der Waals surface area contributed by atoms with Gasteiger partial charge in [0.15, 0.2) is 0 Å². The number of carbonyl (C=O) groups excluding carboxylic acids is 3. The Bertz CT molecular complexity index is 1700. The maximum absolute atomic E-state index is 14.2. The van der Waals surface area contributed by atoms with Crippen molar-refractivity contribution in [3.8, 4) is 5.75 Å². The van der Waals surface area contributed by atoms with Gasteiger partial charge in [0, 0.05) is 39.4 Å². The van der Waals surface area contributed by atoms with Crippen LogP contribution in [0.1, 0.15) is 16.7 Å². The second-order valence-electron chi connectivity index (χ2n) is 10.4. The van der Waals surface area contributed by atoms with Gasteiger partial charge in [0.1, 0.15) is 11.3 Å². The van der Waals surface area contributed by atoms with E-state index in [0.717, 1.165) is 22.0 Å². The molecule has 0 bridgehead atoms. The first-order chi connectivity index (χ1) is 18.8. The summed E-state index contributed by atoms with van der Waals surface area (Å²) in [7, 11) is 1.56. The number of rotatable bonds is 4. The molecule has 3 N–H and O–H groups in total. The zero-order chi connectivity index (χ0) is 27.1. The predicted molar refractivity (Wildman–Crippen MR) is 148 cm³/mol. The molecule has 0 radical (unpaired) electrons. The molecule has 196 valence electrons. The molecule has 3 aliphatic heterocycles. The molecule has 0 saturated carbocycles. The van der Waals surface area contributed by atoms with Crippen molar-refractivity contribution < 1.29 is 19.1 Å². The first-order valence-electron chi connectivity index (χ1n) is 12.8. The standard InChI is InChI=1S/C30H25ClN4O4/c1-15-11-17(31)13-21-26(15)33-29(38)30(21)25-24(23(34-30)12-16-14-32-22-6-4-3-5-20(16)22)27(36)35(28(25)37)18-7-9-19(39-2)10-8-18/h3-11,13-14,23-25,32,34H,12H2,1-2H3,(H,33,38)/t23?,24-,25+,30?/m1/s1. The molecule has 4 heterocycles. The molecule has 2 unspecified atom stereocenters. The van der Waals surface area contributed by atoms with Crippen molar-refractivity contribution in [1.29, 1.82) is 0 Å². The summed E-state index contributed by atoms with van der Waals surface area (Å²) in [6.45, 7) is 1.87. The number of amides is 3. The lowest BCUT2D eigenvalue weighted by molar-refractivity contribution is -0.130. The van der Waals surface area contributed by atoms with Crippen LogP contribution in [0.2, 0.25) is 5.02 Å². The molecule has 39 heavy (non-hydrogen) atoms. The number of nitrogens with zero attached hydrogens (tertiary/aromatic N) is 1. The molecule has 2 saturated heterocycles. The third kappa shape index (κ3) is 3.25. The van der Waals surface area contributed by atoms with Gasteiger partial charge in [-0.1, -0.05) is 29.8 Å². The zero-order valence-electron chi connectivity index (χ0n) is 21.2. The van der Waals surface area contributed by atoms with Gasteiger partial charge in [-0.25, -0.2) is 4.90 Å². The summed E-state index contributed by atoms with van der Waals surface area (Å²) in [5, 5.41) is 8.00. The summed E-state index contributed by atoms with van der Waals surface area (Å²) < 4.78 is 5.26. The van der Waals surface area contributed by atoms with Gasteiger partial charge in [-0.2, -0.15) is 0 Å². The van der Waals surface area contributed by atoms with Crippen LogP contribution < -0.4 is 20.3 Å². The number of nitrogens with one attached hydrogen (secondary N) is 3. The number of para-hydroxylation sites is 1. The van der Waals surface area contributed by atoms with Crippen LogP contribution in [0.25, 0.3) is 10.9 Å². The number of methoxy groups -OCH3 is 1. The smallest absolute Gasteiger partial charge is 0.250 e. The van der Waals surface area contributed by atoms with E-state index < -0.39 is 29.3 Å². The number of H-pyrrole nitrogens is 1. The number of carbonyl (C=O) groups is 3. The van der Waals surface area contributed by atoms with Crippen LogP contribution in [0, 0.1) is 18.8 Å². The molecule has 9 heteroatoms. The van der Waals surface area contributed by atoms with Crippen molar-refractivity contribution in [2.24, 2.45) is 11.8 Å². The summed E-state index contributed by atoms with van der Waals surface area (Å²) in [4.78, 5) is 46.7. The average Bonchev–Trinajstić information content (AvgIpc) is 3.64. The van der Waals surface area contributed by atoms with Crippen molar-refractivity contribution in [3.63, 3.8) is 0 Å². The van der Waals surface area contributed by atoms with Gasteiger partial charge in [0.25, 0.3) is 0 Å². The van der Waals surface area contributed by atoms with E-state index in [0.29, 0.717) is 34.1 Å². The number of imide groups is 1. The van der Waals surface area contributed by atoms with Crippen LogP contribution in [0.4, 0.5) is 11.4 Å². The van der Waals surface area contributed by atoms with Crippen molar-refractivity contribution in [1.82, 2.24) is 10.3 Å². The number of benzene rings is 3. The van der Waals surface area contributed by atoms with E-state index in [9.17, 15) is 14.4 Å². The highest BCUT2D eigenvalue weighted by Gasteiger charge is 2.70. The van der Waals surface area contributed by atoms with E-state index >= 15 is 0 Å². The molecule has 2 fully saturated rings.